The van der Waals surface area contributed by atoms with E-state index in [2.05, 4.69) is 0 Å². The summed E-state index contributed by atoms with van der Waals surface area (Å²) in [6.07, 6.45) is 3.98. The van der Waals surface area contributed by atoms with Crippen molar-refractivity contribution in [2.45, 2.75) is 19.6 Å². The van der Waals surface area contributed by atoms with E-state index in [1.54, 1.807) is 11.8 Å². The lowest BCUT2D eigenvalue weighted by Crippen LogP contribution is -2.21. The second-order valence-electron chi connectivity index (χ2n) is 1.99. The van der Waals surface area contributed by atoms with Crippen LogP contribution >= 0.6 is 0 Å². The van der Waals surface area contributed by atoms with Crippen molar-refractivity contribution in [1.29, 1.82) is 0 Å². The van der Waals surface area contributed by atoms with Crippen LogP contribution in [-0.4, -0.2) is 17.7 Å². The van der Waals surface area contributed by atoms with Gasteiger partial charge < -0.3 is 4.90 Å². The lowest BCUT2D eigenvalue weighted by molar-refractivity contribution is 0.161. The summed E-state index contributed by atoms with van der Waals surface area (Å²) in [4.78, 5) is 1.68. The largest absolute Gasteiger partial charge is 0.349 e. The summed E-state index contributed by atoms with van der Waals surface area (Å²) in [5.74, 6) is 0. The van der Waals surface area contributed by atoms with E-state index < -0.39 is 6.30 Å². The highest BCUT2D eigenvalue weighted by molar-refractivity contribution is 4.91. The molecular weight excluding hydrogens is 105 g/mol. The first-order valence-electron chi connectivity index (χ1n) is 2.87. The zero-order valence-corrected chi connectivity index (χ0v) is 4.97. The second kappa shape index (κ2) is 2.16. The molecule has 1 aliphatic heterocycles. The predicted octanol–water partition coefficient (Wildman–Crippen LogP) is 1.52. The molecule has 1 atom stereocenters. The Labute approximate surface area is 48.8 Å². The number of alkyl halides is 1. The molecule has 0 saturated carbocycles. The second-order valence-corrected chi connectivity index (χ2v) is 1.99. The Morgan fingerprint density at radius 3 is 2.75 bits per heavy atom. The lowest BCUT2D eigenvalue weighted by atomic mass is 10.5. The molecule has 0 fully saturated rings. The fraction of sp³-hybridized carbons (Fsp3) is 0.667. The molecule has 1 aliphatic rings. The minimum Gasteiger partial charge on any atom is -0.349 e. The van der Waals surface area contributed by atoms with Gasteiger partial charge in [-0.1, -0.05) is 6.08 Å². The molecule has 1 rings (SSSR count). The topological polar surface area (TPSA) is 3.24 Å². The molecule has 0 saturated heterocycles. The van der Waals surface area contributed by atoms with E-state index in [1.165, 1.54) is 0 Å². The van der Waals surface area contributed by atoms with Crippen molar-refractivity contribution in [3.8, 4) is 0 Å². The molecule has 0 spiro atoms. The Kier molecular flexibility index (Phi) is 1.51. The first kappa shape index (κ1) is 5.60. The quantitative estimate of drug-likeness (QED) is 0.468. The van der Waals surface area contributed by atoms with Gasteiger partial charge in [0.25, 0.3) is 0 Å². The van der Waals surface area contributed by atoms with Gasteiger partial charge in [0.05, 0.1) is 0 Å². The van der Waals surface area contributed by atoms with Crippen molar-refractivity contribution < 1.29 is 4.39 Å². The molecule has 0 aromatic carbocycles. The number of hydrogen-bond donors (Lipinski definition) is 0. The first-order valence-corrected chi connectivity index (χ1v) is 2.87. The van der Waals surface area contributed by atoms with Crippen LogP contribution in [0.5, 0.6) is 0 Å². The molecule has 1 heterocycles. The highest BCUT2D eigenvalue weighted by Gasteiger charge is 2.09. The van der Waals surface area contributed by atoms with E-state index in [4.69, 9.17) is 0 Å². The summed E-state index contributed by atoms with van der Waals surface area (Å²) in [7, 11) is 0. The summed E-state index contributed by atoms with van der Waals surface area (Å²) in [5.41, 5.74) is 0. The number of nitrogens with zero attached hydrogens (tertiary/aromatic N) is 1. The summed E-state index contributed by atoms with van der Waals surface area (Å²) in [5, 5.41) is 0. The molecule has 0 aliphatic carbocycles. The monoisotopic (exact) mass is 115 g/mol. The standard InChI is InChI=1S/C6H10FN/c1-6(7)8-4-2-3-5-8/h2,4,6H,3,5H2,1H3. The van der Waals surface area contributed by atoms with Crippen LogP contribution in [-0.2, 0) is 0 Å². The van der Waals surface area contributed by atoms with Crippen molar-refractivity contribution in [1.82, 2.24) is 4.90 Å². The number of halogens is 1. The zero-order chi connectivity index (χ0) is 5.98. The third-order valence-corrected chi connectivity index (χ3v) is 1.31. The maximum Gasteiger partial charge on any atom is 0.169 e. The van der Waals surface area contributed by atoms with Crippen LogP contribution in [0.4, 0.5) is 4.39 Å². The van der Waals surface area contributed by atoms with Gasteiger partial charge in [0.1, 0.15) is 0 Å². The van der Waals surface area contributed by atoms with E-state index >= 15 is 0 Å². The Morgan fingerprint density at radius 2 is 2.50 bits per heavy atom. The first-order chi connectivity index (χ1) is 3.80. The summed E-state index contributed by atoms with van der Waals surface area (Å²) < 4.78 is 12.3. The molecule has 8 heavy (non-hydrogen) atoms. The van der Waals surface area contributed by atoms with E-state index in [0.717, 1.165) is 13.0 Å². The van der Waals surface area contributed by atoms with Gasteiger partial charge in [-0.2, -0.15) is 0 Å². The van der Waals surface area contributed by atoms with Gasteiger partial charge in [0.2, 0.25) is 0 Å². The van der Waals surface area contributed by atoms with Crippen molar-refractivity contribution in [3.63, 3.8) is 0 Å². The summed E-state index contributed by atoms with van der Waals surface area (Å²) >= 11 is 0. The average Bonchev–Trinajstić information content (AvgIpc) is 2.12. The number of hydrogen-bond acceptors (Lipinski definition) is 1. The Hall–Kier alpha value is -0.530. The van der Waals surface area contributed by atoms with Crippen LogP contribution in [0.25, 0.3) is 0 Å². The molecule has 0 aromatic rings. The van der Waals surface area contributed by atoms with Crippen molar-refractivity contribution in [2.24, 2.45) is 0 Å². The van der Waals surface area contributed by atoms with Gasteiger partial charge >= 0.3 is 0 Å². The smallest absolute Gasteiger partial charge is 0.169 e. The molecule has 2 heteroatoms. The molecule has 0 radical (unpaired) electrons. The Morgan fingerprint density at radius 1 is 1.75 bits per heavy atom. The van der Waals surface area contributed by atoms with Gasteiger partial charge in [-0.05, 0) is 19.5 Å². The van der Waals surface area contributed by atoms with Gasteiger partial charge in [0, 0.05) is 6.54 Å². The SMILES string of the molecule is CC(F)N1C=CCC1. The average molecular weight is 115 g/mol. The van der Waals surface area contributed by atoms with Crippen LogP contribution in [0.15, 0.2) is 12.3 Å². The van der Waals surface area contributed by atoms with Gasteiger partial charge in [-0.15, -0.1) is 0 Å². The lowest BCUT2D eigenvalue weighted by Gasteiger charge is -2.15. The Balaban J connectivity index is 2.36. The van der Waals surface area contributed by atoms with Crippen LogP contribution < -0.4 is 0 Å². The normalized spacial score (nSPS) is 22.0. The van der Waals surface area contributed by atoms with Crippen molar-refractivity contribution in [3.05, 3.63) is 12.3 Å². The number of rotatable bonds is 1. The van der Waals surface area contributed by atoms with Crippen LogP contribution in [0.3, 0.4) is 0 Å². The highest BCUT2D eigenvalue weighted by atomic mass is 19.1. The van der Waals surface area contributed by atoms with Gasteiger partial charge in [-0.3, -0.25) is 0 Å². The minimum absolute atomic E-state index is 0.811. The molecule has 0 N–H and O–H groups in total. The van der Waals surface area contributed by atoms with E-state index in [0.29, 0.717) is 0 Å². The summed E-state index contributed by atoms with van der Waals surface area (Å²) in [6, 6.07) is 0. The fourth-order valence-electron chi connectivity index (χ4n) is 0.805. The molecule has 46 valence electrons. The highest BCUT2D eigenvalue weighted by Crippen LogP contribution is 2.08. The van der Waals surface area contributed by atoms with Gasteiger partial charge in [0.15, 0.2) is 6.30 Å². The van der Waals surface area contributed by atoms with Crippen LogP contribution in [0.2, 0.25) is 0 Å². The van der Waals surface area contributed by atoms with Crippen LogP contribution in [0, 0.1) is 0 Å². The zero-order valence-electron chi connectivity index (χ0n) is 4.97. The maximum absolute atomic E-state index is 12.3. The third-order valence-electron chi connectivity index (χ3n) is 1.31. The molecule has 0 amide bonds. The van der Waals surface area contributed by atoms with E-state index in [-0.39, 0.29) is 0 Å². The maximum atomic E-state index is 12.3. The van der Waals surface area contributed by atoms with E-state index in [1.807, 2.05) is 12.3 Å². The molecule has 1 nitrogen and oxygen atoms in total. The van der Waals surface area contributed by atoms with Gasteiger partial charge in [-0.25, -0.2) is 4.39 Å². The summed E-state index contributed by atoms with van der Waals surface area (Å²) in [6.45, 7) is 2.40. The predicted molar refractivity (Wildman–Crippen MR) is 31.0 cm³/mol. The molecule has 1 unspecified atom stereocenters. The Bertz CT molecular complexity index is 98.7. The third kappa shape index (κ3) is 0.997. The molecule has 0 bridgehead atoms. The van der Waals surface area contributed by atoms with E-state index in [9.17, 15) is 4.39 Å². The van der Waals surface area contributed by atoms with Crippen LogP contribution in [0.1, 0.15) is 13.3 Å². The molecular formula is C6H10FN. The van der Waals surface area contributed by atoms with Crippen molar-refractivity contribution >= 4 is 0 Å². The molecule has 0 aromatic heterocycles. The fourth-order valence-corrected chi connectivity index (χ4v) is 0.805. The van der Waals surface area contributed by atoms with Crippen molar-refractivity contribution in [2.75, 3.05) is 6.54 Å². The minimum atomic E-state index is -0.811.